The average Bonchev–Trinajstić information content (AvgIpc) is 2.36. The SMILES string of the molecule is CC1CCCC(Nc2cnc(N)cc2C(N)=O)C1C. The monoisotopic (exact) mass is 262 g/mol. The molecule has 1 aromatic rings. The summed E-state index contributed by atoms with van der Waals surface area (Å²) in [5.41, 5.74) is 12.1. The van der Waals surface area contributed by atoms with E-state index >= 15 is 0 Å². The van der Waals surface area contributed by atoms with Crippen LogP contribution in [0.15, 0.2) is 12.3 Å². The van der Waals surface area contributed by atoms with Crippen LogP contribution in [0.2, 0.25) is 0 Å². The molecular weight excluding hydrogens is 240 g/mol. The smallest absolute Gasteiger partial charge is 0.250 e. The van der Waals surface area contributed by atoms with E-state index in [0.717, 1.165) is 6.42 Å². The molecule has 104 valence electrons. The molecule has 0 saturated heterocycles. The topological polar surface area (TPSA) is 94.0 Å². The quantitative estimate of drug-likeness (QED) is 0.776. The summed E-state index contributed by atoms with van der Waals surface area (Å²) >= 11 is 0. The summed E-state index contributed by atoms with van der Waals surface area (Å²) in [6, 6.07) is 1.88. The maximum atomic E-state index is 11.5. The van der Waals surface area contributed by atoms with Gasteiger partial charge in [-0.2, -0.15) is 0 Å². The lowest BCUT2D eigenvalue weighted by Crippen LogP contribution is -2.35. The van der Waals surface area contributed by atoms with Crippen molar-refractivity contribution in [2.45, 2.75) is 39.2 Å². The van der Waals surface area contributed by atoms with Gasteiger partial charge in [-0.15, -0.1) is 0 Å². The number of hydrogen-bond donors (Lipinski definition) is 3. The van der Waals surface area contributed by atoms with Gasteiger partial charge >= 0.3 is 0 Å². The summed E-state index contributed by atoms with van der Waals surface area (Å²) in [6.45, 7) is 4.52. The molecule has 19 heavy (non-hydrogen) atoms. The Morgan fingerprint density at radius 2 is 2.16 bits per heavy atom. The number of nitrogen functional groups attached to an aromatic ring is 1. The minimum absolute atomic E-state index is 0.310. The third-order valence-electron chi connectivity index (χ3n) is 4.24. The van der Waals surface area contributed by atoms with Crippen molar-refractivity contribution in [2.24, 2.45) is 17.6 Å². The summed E-state index contributed by atoms with van der Waals surface area (Å²) in [4.78, 5) is 15.5. The highest BCUT2D eigenvalue weighted by Gasteiger charge is 2.27. The van der Waals surface area contributed by atoms with E-state index in [2.05, 4.69) is 24.1 Å². The first kappa shape index (κ1) is 13.6. The summed E-state index contributed by atoms with van der Waals surface area (Å²) in [5.74, 6) is 1.08. The molecule has 0 aliphatic heterocycles. The number of nitrogens with one attached hydrogen (secondary N) is 1. The van der Waals surface area contributed by atoms with Gasteiger partial charge in [-0.25, -0.2) is 4.98 Å². The molecule has 1 aromatic heterocycles. The minimum Gasteiger partial charge on any atom is -0.384 e. The van der Waals surface area contributed by atoms with Crippen LogP contribution in [-0.4, -0.2) is 16.9 Å². The molecule has 0 radical (unpaired) electrons. The molecule has 5 N–H and O–H groups in total. The maximum absolute atomic E-state index is 11.5. The number of hydrogen-bond acceptors (Lipinski definition) is 4. The van der Waals surface area contributed by atoms with Crippen molar-refractivity contribution in [3.05, 3.63) is 17.8 Å². The van der Waals surface area contributed by atoms with E-state index in [4.69, 9.17) is 11.5 Å². The number of pyridine rings is 1. The van der Waals surface area contributed by atoms with Gasteiger partial charge in [0.15, 0.2) is 0 Å². The van der Waals surface area contributed by atoms with Crippen LogP contribution < -0.4 is 16.8 Å². The van der Waals surface area contributed by atoms with Crippen LogP contribution in [-0.2, 0) is 0 Å². The fourth-order valence-electron chi connectivity index (χ4n) is 2.78. The summed E-state index contributed by atoms with van der Waals surface area (Å²) in [7, 11) is 0. The molecule has 1 aliphatic rings. The van der Waals surface area contributed by atoms with Crippen molar-refractivity contribution in [3.8, 4) is 0 Å². The summed E-state index contributed by atoms with van der Waals surface area (Å²) in [5, 5.41) is 3.42. The molecule has 3 atom stereocenters. The lowest BCUT2D eigenvalue weighted by atomic mass is 9.78. The van der Waals surface area contributed by atoms with E-state index in [-0.39, 0.29) is 0 Å². The largest absolute Gasteiger partial charge is 0.384 e. The van der Waals surface area contributed by atoms with Gasteiger partial charge < -0.3 is 16.8 Å². The third-order valence-corrected chi connectivity index (χ3v) is 4.24. The second kappa shape index (κ2) is 5.47. The Bertz CT molecular complexity index is 475. The van der Waals surface area contributed by atoms with Crippen LogP contribution in [0.4, 0.5) is 11.5 Å². The number of carbonyl (C=O) groups is 1. The van der Waals surface area contributed by atoms with E-state index in [9.17, 15) is 4.79 Å². The standard InChI is InChI=1S/C14H22N4O/c1-8-4-3-5-11(9(8)2)18-12-7-17-13(15)6-10(12)14(16)19/h6-9,11,18H,3-5H2,1-2H3,(H2,15,17)(H2,16,19). The normalized spacial score (nSPS) is 26.9. The number of carbonyl (C=O) groups excluding carboxylic acids is 1. The lowest BCUT2D eigenvalue weighted by Gasteiger charge is -2.35. The van der Waals surface area contributed by atoms with Crippen LogP contribution in [0.5, 0.6) is 0 Å². The molecular formula is C14H22N4O. The van der Waals surface area contributed by atoms with E-state index in [0.29, 0.717) is 34.9 Å². The van der Waals surface area contributed by atoms with Crippen LogP contribution in [0.3, 0.4) is 0 Å². The van der Waals surface area contributed by atoms with Crippen LogP contribution in [0, 0.1) is 11.8 Å². The van der Waals surface area contributed by atoms with Crippen molar-refractivity contribution in [2.75, 3.05) is 11.1 Å². The molecule has 2 rings (SSSR count). The number of anilines is 2. The number of nitrogens with zero attached hydrogens (tertiary/aromatic N) is 1. The molecule has 0 bridgehead atoms. The number of primary amides is 1. The van der Waals surface area contributed by atoms with Gasteiger partial charge in [-0.05, 0) is 24.3 Å². The molecule has 5 nitrogen and oxygen atoms in total. The van der Waals surface area contributed by atoms with Crippen molar-refractivity contribution in [3.63, 3.8) is 0 Å². The van der Waals surface area contributed by atoms with Gasteiger partial charge in [0.2, 0.25) is 0 Å². The highest BCUT2D eigenvalue weighted by atomic mass is 16.1. The number of aromatic nitrogens is 1. The molecule has 0 spiro atoms. The number of amides is 1. The molecule has 1 fully saturated rings. The van der Waals surface area contributed by atoms with Crippen LogP contribution in [0.1, 0.15) is 43.5 Å². The first-order chi connectivity index (χ1) is 8.99. The predicted octanol–water partition coefficient (Wildman–Crippen LogP) is 2.00. The molecule has 3 unspecified atom stereocenters. The Kier molecular flexibility index (Phi) is 3.93. The van der Waals surface area contributed by atoms with Crippen molar-refractivity contribution in [1.29, 1.82) is 0 Å². The predicted molar refractivity (Wildman–Crippen MR) is 76.8 cm³/mol. The Hall–Kier alpha value is -1.78. The molecule has 5 heteroatoms. The van der Waals surface area contributed by atoms with Gasteiger partial charge in [0, 0.05) is 6.04 Å². The zero-order chi connectivity index (χ0) is 14.0. The van der Waals surface area contributed by atoms with E-state index in [1.165, 1.54) is 18.9 Å². The van der Waals surface area contributed by atoms with Crippen LogP contribution >= 0.6 is 0 Å². The van der Waals surface area contributed by atoms with Gasteiger partial charge in [-0.1, -0.05) is 26.7 Å². The Balaban J connectivity index is 2.21. The van der Waals surface area contributed by atoms with Gasteiger partial charge in [0.1, 0.15) is 5.82 Å². The van der Waals surface area contributed by atoms with E-state index in [1.54, 1.807) is 6.20 Å². The van der Waals surface area contributed by atoms with Crippen molar-refractivity contribution < 1.29 is 4.79 Å². The third kappa shape index (κ3) is 2.97. The highest BCUT2D eigenvalue weighted by molar-refractivity contribution is 5.99. The maximum Gasteiger partial charge on any atom is 0.250 e. The Morgan fingerprint density at radius 3 is 2.84 bits per heavy atom. The van der Waals surface area contributed by atoms with Crippen LogP contribution in [0.25, 0.3) is 0 Å². The first-order valence-electron chi connectivity index (χ1n) is 6.81. The lowest BCUT2D eigenvalue weighted by molar-refractivity contribution is 0.100. The Labute approximate surface area is 113 Å². The number of rotatable bonds is 3. The molecule has 1 saturated carbocycles. The van der Waals surface area contributed by atoms with Crippen molar-refractivity contribution >= 4 is 17.4 Å². The van der Waals surface area contributed by atoms with E-state index in [1.807, 2.05) is 0 Å². The van der Waals surface area contributed by atoms with E-state index < -0.39 is 5.91 Å². The molecule has 1 aliphatic carbocycles. The molecule has 1 amide bonds. The summed E-state index contributed by atoms with van der Waals surface area (Å²) in [6.07, 6.45) is 5.18. The number of nitrogens with two attached hydrogens (primary N) is 2. The first-order valence-corrected chi connectivity index (χ1v) is 6.81. The summed E-state index contributed by atoms with van der Waals surface area (Å²) < 4.78 is 0. The fraction of sp³-hybridized carbons (Fsp3) is 0.571. The van der Waals surface area contributed by atoms with Gasteiger partial charge in [-0.3, -0.25) is 4.79 Å². The second-order valence-corrected chi connectivity index (χ2v) is 5.54. The van der Waals surface area contributed by atoms with Gasteiger partial charge in [0.25, 0.3) is 5.91 Å². The molecule has 1 heterocycles. The highest BCUT2D eigenvalue weighted by Crippen LogP contribution is 2.32. The minimum atomic E-state index is -0.479. The van der Waals surface area contributed by atoms with Crippen molar-refractivity contribution in [1.82, 2.24) is 4.98 Å². The van der Waals surface area contributed by atoms with Gasteiger partial charge in [0.05, 0.1) is 17.4 Å². The second-order valence-electron chi connectivity index (χ2n) is 5.54. The average molecular weight is 262 g/mol. The zero-order valence-electron chi connectivity index (χ0n) is 11.5. The molecule has 0 aromatic carbocycles. The Morgan fingerprint density at radius 1 is 1.42 bits per heavy atom. The fourth-order valence-corrected chi connectivity index (χ4v) is 2.78. The zero-order valence-corrected chi connectivity index (χ0v) is 11.5.